The summed E-state index contributed by atoms with van der Waals surface area (Å²) in [5.41, 5.74) is 0.567. The Morgan fingerprint density at radius 2 is 1.78 bits per heavy atom. The summed E-state index contributed by atoms with van der Waals surface area (Å²) in [6, 6.07) is 10.3. The number of hydrogen-bond acceptors (Lipinski definition) is 3. The molecule has 0 aliphatic carbocycles. The summed E-state index contributed by atoms with van der Waals surface area (Å²) in [6.45, 7) is -0.304. The van der Waals surface area contributed by atoms with Gasteiger partial charge in [0.2, 0.25) is 10.0 Å². The molecule has 2 N–H and O–H groups in total. The molecular weight excluding hydrogens is 381 g/mol. The number of sulfonamides is 1. The van der Waals surface area contributed by atoms with Crippen LogP contribution in [-0.2, 0) is 23.2 Å². The van der Waals surface area contributed by atoms with Crippen LogP contribution in [-0.4, -0.2) is 24.6 Å². The Hall–Kier alpha value is -2.36. The molecule has 27 heavy (non-hydrogen) atoms. The van der Waals surface area contributed by atoms with Crippen molar-refractivity contribution in [2.24, 2.45) is 7.05 Å². The summed E-state index contributed by atoms with van der Waals surface area (Å²) in [6.07, 6.45) is -3.77. The zero-order chi connectivity index (χ0) is 19.8. The lowest BCUT2D eigenvalue weighted by atomic mass is 10.1. The Kier molecular flexibility index (Phi) is 5.02. The predicted molar refractivity (Wildman–Crippen MR) is 94.5 cm³/mol. The number of nitrogens with one attached hydrogen (secondary N) is 1. The van der Waals surface area contributed by atoms with E-state index in [1.54, 1.807) is 12.1 Å². The molecule has 1 atom stereocenters. The number of aliphatic hydroxyl groups is 1. The van der Waals surface area contributed by atoms with Gasteiger partial charge in [-0.25, -0.2) is 13.1 Å². The molecule has 0 amide bonds. The number of alkyl halides is 3. The number of fused-ring (bicyclic) bond motifs is 1. The first kappa shape index (κ1) is 19.4. The fourth-order valence-electron chi connectivity index (χ4n) is 2.72. The third-order valence-corrected chi connectivity index (χ3v) is 5.69. The summed E-state index contributed by atoms with van der Waals surface area (Å²) in [4.78, 5) is -0.304. The Balaban J connectivity index is 1.71. The van der Waals surface area contributed by atoms with Crippen LogP contribution in [0, 0.1) is 0 Å². The summed E-state index contributed by atoms with van der Waals surface area (Å²) in [5, 5.41) is 11.2. The highest BCUT2D eigenvalue weighted by Crippen LogP contribution is 2.29. The highest BCUT2D eigenvalue weighted by molar-refractivity contribution is 7.89. The van der Waals surface area contributed by atoms with Gasteiger partial charge in [0.1, 0.15) is 0 Å². The van der Waals surface area contributed by atoms with E-state index in [1.807, 2.05) is 29.9 Å². The van der Waals surface area contributed by atoms with E-state index < -0.39 is 27.9 Å². The molecule has 0 saturated heterocycles. The molecule has 0 fully saturated rings. The van der Waals surface area contributed by atoms with Crippen LogP contribution in [0.4, 0.5) is 13.2 Å². The first-order chi connectivity index (χ1) is 12.6. The van der Waals surface area contributed by atoms with Crippen molar-refractivity contribution in [3.05, 3.63) is 65.9 Å². The van der Waals surface area contributed by atoms with Crippen LogP contribution in [0.5, 0.6) is 0 Å². The van der Waals surface area contributed by atoms with Crippen LogP contribution in [0.3, 0.4) is 0 Å². The van der Waals surface area contributed by atoms with Crippen molar-refractivity contribution in [2.45, 2.75) is 17.2 Å². The molecule has 144 valence electrons. The topological polar surface area (TPSA) is 71.3 Å². The van der Waals surface area contributed by atoms with E-state index in [0.717, 1.165) is 23.0 Å². The second-order valence-corrected chi connectivity index (χ2v) is 7.90. The lowest BCUT2D eigenvalue weighted by molar-refractivity contribution is -0.137. The number of aromatic nitrogens is 1. The average Bonchev–Trinajstić information content (AvgIpc) is 2.99. The first-order valence-electron chi connectivity index (χ1n) is 7.98. The number of rotatable bonds is 5. The highest BCUT2D eigenvalue weighted by atomic mass is 32.2. The van der Waals surface area contributed by atoms with Crippen molar-refractivity contribution >= 4 is 20.9 Å². The molecule has 0 bridgehead atoms. The van der Waals surface area contributed by atoms with Crippen LogP contribution >= 0.6 is 0 Å². The average molecular weight is 398 g/mol. The van der Waals surface area contributed by atoms with Crippen molar-refractivity contribution in [3.63, 3.8) is 0 Å². The van der Waals surface area contributed by atoms with Crippen LogP contribution in [0.25, 0.3) is 10.9 Å². The maximum absolute atomic E-state index is 12.6. The summed E-state index contributed by atoms with van der Waals surface area (Å²) >= 11 is 0. The van der Waals surface area contributed by atoms with Crippen molar-refractivity contribution < 1.29 is 26.7 Å². The molecule has 5 nitrogen and oxygen atoms in total. The largest absolute Gasteiger partial charge is 0.416 e. The lowest BCUT2D eigenvalue weighted by Crippen LogP contribution is -2.28. The zero-order valence-electron chi connectivity index (χ0n) is 14.2. The number of halogens is 3. The SMILES string of the molecule is Cn1ccc2cc([C@H](O)CNS(=O)(=O)c3ccc(C(F)(F)F)cc3)ccc21. The monoisotopic (exact) mass is 398 g/mol. The van der Waals surface area contributed by atoms with E-state index in [-0.39, 0.29) is 11.4 Å². The van der Waals surface area contributed by atoms with Gasteiger partial charge in [0.15, 0.2) is 0 Å². The number of aliphatic hydroxyl groups excluding tert-OH is 1. The van der Waals surface area contributed by atoms with E-state index in [0.29, 0.717) is 17.7 Å². The summed E-state index contributed by atoms with van der Waals surface area (Å²) < 4.78 is 66.3. The van der Waals surface area contributed by atoms with E-state index in [1.165, 1.54) is 0 Å². The first-order valence-corrected chi connectivity index (χ1v) is 9.46. The van der Waals surface area contributed by atoms with Crippen molar-refractivity contribution in [1.29, 1.82) is 0 Å². The summed E-state index contributed by atoms with van der Waals surface area (Å²) in [5.74, 6) is 0. The third-order valence-electron chi connectivity index (χ3n) is 4.25. The fourth-order valence-corrected chi connectivity index (χ4v) is 3.76. The number of benzene rings is 2. The highest BCUT2D eigenvalue weighted by Gasteiger charge is 2.30. The van der Waals surface area contributed by atoms with Crippen molar-refractivity contribution in [3.8, 4) is 0 Å². The van der Waals surface area contributed by atoms with Gasteiger partial charge in [-0.2, -0.15) is 13.2 Å². The molecule has 0 aliphatic heterocycles. The number of hydrogen-bond donors (Lipinski definition) is 2. The zero-order valence-corrected chi connectivity index (χ0v) is 15.1. The lowest BCUT2D eigenvalue weighted by Gasteiger charge is -2.14. The second kappa shape index (κ2) is 6.99. The van der Waals surface area contributed by atoms with Gasteiger partial charge in [-0.3, -0.25) is 0 Å². The van der Waals surface area contributed by atoms with Crippen LogP contribution < -0.4 is 4.72 Å². The van der Waals surface area contributed by atoms with Gasteiger partial charge in [0, 0.05) is 25.3 Å². The molecule has 3 aromatic rings. The summed E-state index contributed by atoms with van der Waals surface area (Å²) in [7, 11) is -2.16. The van der Waals surface area contributed by atoms with Gasteiger partial charge < -0.3 is 9.67 Å². The molecule has 0 radical (unpaired) electrons. The Labute approximate surface area is 154 Å². The maximum atomic E-state index is 12.6. The third kappa shape index (κ3) is 4.15. The molecule has 3 rings (SSSR count). The van der Waals surface area contributed by atoms with Crippen LogP contribution in [0.1, 0.15) is 17.2 Å². The molecule has 0 spiro atoms. The standard InChI is InChI=1S/C18H17F3N2O3S/c1-23-9-8-12-10-13(2-7-16(12)23)17(24)11-22-27(25,26)15-5-3-14(4-6-15)18(19,20)21/h2-10,17,22,24H,11H2,1H3/t17-/m1/s1. The predicted octanol–water partition coefficient (Wildman–Crippen LogP) is 3.21. The van der Waals surface area contributed by atoms with E-state index >= 15 is 0 Å². The fraction of sp³-hybridized carbons (Fsp3) is 0.222. The molecule has 1 heterocycles. The maximum Gasteiger partial charge on any atom is 0.416 e. The minimum Gasteiger partial charge on any atom is -0.387 e. The minimum atomic E-state index is -4.54. The molecule has 0 aliphatic rings. The molecule has 9 heteroatoms. The van der Waals surface area contributed by atoms with Crippen molar-refractivity contribution in [2.75, 3.05) is 6.54 Å². The smallest absolute Gasteiger partial charge is 0.387 e. The van der Waals surface area contributed by atoms with Gasteiger partial charge in [0.25, 0.3) is 0 Å². The van der Waals surface area contributed by atoms with Crippen LogP contribution in [0.2, 0.25) is 0 Å². The number of nitrogens with zero attached hydrogens (tertiary/aromatic N) is 1. The van der Waals surface area contributed by atoms with Gasteiger partial charge in [-0.05, 0) is 53.4 Å². The van der Waals surface area contributed by atoms with Crippen molar-refractivity contribution in [1.82, 2.24) is 9.29 Å². The minimum absolute atomic E-state index is 0.304. The van der Waals surface area contributed by atoms with Gasteiger partial charge in [0.05, 0.1) is 16.6 Å². The molecule has 0 saturated carbocycles. The van der Waals surface area contributed by atoms with Gasteiger partial charge in [-0.15, -0.1) is 0 Å². The second-order valence-electron chi connectivity index (χ2n) is 6.13. The van der Waals surface area contributed by atoms with E-state index in [9.17, 15) is 26.7 Å². The van der Waals surface area contributed by atoms with Gasteiger partial charge >= 0.3 is 6.18 Å². The van der Waals surface area contributed by atoms with E-state index in [4.69, 9.17) is 0 Å². The number of aryl methyl sites for hydroxylation is 1. The molecule has 0 unspecified atom stereocenters. The van der Waals surface area contributed by atoms with Crippen LogP contribution in [0.15, 0.2) is 59.6 Å². The Bertz CT molecular complexity index is 1060. The van der Waals surface area contributed by atoms with Gasteiger partial charge in [-0.1, -0.05) is 6.07 Å². The Morgan fingerprint density at radius 1 is 1.11 bits per heavy atom. The quantitative estimate of drug-likeness (QED) is 0.693. The molecule has 2 aromatic carbocycles. The van der Waals surface area contributed by atoms with E-state index in [2.05, 4.69) is 4.72 Å². The Morgan fingerprint density at radius 3 is 2.41 bits per heavy atom. The normalized spacial score (nSPS) is 13.8. The molecule has 1 aromatic heterocycles. The molecular formula is C18H17F3N2O3S.